The number of hydrogen-bond donors (Lipinski definition) is 1. The van der Waals surface area contributed by atoms with Gasteiger partial charge in [0.05, 0.1) is 12.4 Å². The van der Waals surface area contributed by atoms with Crippen LogP contribution in [0.2, 0.25) is 0 Å². The number of ether oxygens (including phenoxy) is 2. The fraction of sp³-hybridized carbons (Fsp3) is 0.429. The summed E-state index contributed by atoms with van der Waals surface area (Å²) in [4.78, 5) is 0. The first-order valence-corrected chi connectivity index (χ1v) is 10.9. The first-order chi connectivity index (χ1) is 12.8. The van der Waals surface area contributed by atoms with E-state index in [9.17, 15) is 8.42 Å². The molecule has 1 N–H and O–H groups in total. The lowest BCUT2D eigenvalue weighted by molar-refractivity contribution is 0.132. The average Bonchev–Trinajstić information content (AvgIpc) is 2.94. The second-order valence-electron chi connectivity index (χ2n) is 7.43. The molecule has 0 aromatic heterocycles. The molecule has 0 atom stereocenters. The van der Waals surface area contributed by atoms with Crippen LogP contribution in [-0.2, 0) is 22.9 Å². The van der Waals surface area contributed by atoms with E-state index in [2.05, 4.69) is 4.72 Å². The van der Waals surface area contributed by atoms with E-state index in [4.69, 9.17) is 9.47 Å². The number of nitrogens with one attached hydrogen (secondary N) is 1. The highest BCUT2D eigenvalue weighted by molar-refractivity contribution is 7.89. The number of benzene rings is 2. The van der Waals surface area contributed by atoms with Crippen molar-refractivity contribution < 1.29 is 17.9 Å². The lowest BCUT2D eigenvalue weighted by atomic mass is 10.0. The Morgan fingerprint density at radius 3 is 2.67 bits per heavy atom. The van der Waals surface area contributed by atoms with E-state index in [0.29, 0.717) is 31.7 Å². The van der Waals surface area contributed by atoms with Gasteiger partial charge >= 0.3 is 0 Å². The van der Waals surface area contributed by atoms with E-state index in [-0.39, 0.29) is 11.4 Å². The first kappa shape index (κ1) is 19.7. The highest BCUT2D eigenvalue weighted by Gasteiger charge is 2.32. The Hall–Kier alpha value is -2.05. The van der Waals surface area contributed by atoms with Crippen molar-refractivity contribution in [1.82, 2.24) is 4.72 Å². The monoisotopic (exact) mass is 389 g/mol. The molecule has 5 nitrogen and oxygen atoms in total. The molecule has 3 rings (SSSR count). The third-order valence-corrected chi connectivity index (χ3v) is 5.92. The maximum absolute atomic E-state index is 12.1. The second-order valence-corrected chi connectivity index (χ2v) is 9.36. The molecular formula is C21H27NO4S. The number of hydrogen-bond acceptors (Lipinski definition) is 4. The summed E-state index contributed by atoms with van der Waals surface area (Å²) in [5, 5.41) is 0. The minimum absolute atomic E-state index is 0.0448. The second kappa shape index (κ2) is 8.31. The molecule has 0 saturated carbocycles. The Balaban J connectivity index is 1.42. The van der Waals surface area contributed by atoms with Gasteiger partial charge in [0.15, 0.2) is 11.5 Å². The van der Waals surface area contributed by atoms with Crippen molar-refractivity contribution in [3.63, 3.8) is 0 Å². The molecular weight excluding hydrogens is 362 g/mol. The first-order valence-electron chi connectivity index (χ1n) is 9.30. The summed E-state index contributed by atoms with van der Waals surface area (Å²) in [5.74, 6) is 1.52. The van der Waals surface area contributed by atoms with Crippen molar-refractivity contribution in [2.75, 3.05) is 18.9 Å². The zero-order chi connectivity index (χ0) is 19.3. The standard InChI is InChI=1S/C21H27NO4S/c1-21(2)16-18-10-6-11-19(20(18)26-21)25-14-7-15-27(23,24)22-13-12-17-8-4-3-5-9-17/h3-6,8-11,22H,7,12-16H2,1-2H3. The van der Waals surface area contributed by atoms with Crippen molar-refractivity contribution in [2.45, 2.75) is 38.7 Å². The molecule has 6 heteroatoms. The molecule has 0 aliphatic carbocycles. The molecule has 146 valence electrons. The third kappa shape index (κ3) is 5.71. The molecule has 0 saturated heterocycles. The number of rotatable bonds is 9. The molecule has 27 heavy (non-hydrogen) atoms. The van der Waals surface area contributed by atoms with Crippen LogP contribution in [0.25, 0.3) is 0 Å². The van der Waals surface area contributed by atoms with Gasteiger partial charge in [0.25, 0.3) is 0 Å². The van der Waals surface area contributed by atoms with Gasteiger partial charge < -0.3 is 9.47 Å². The largest absolute Gasteiger partial charge is 0.490 e. The smallest absolute Gasteiger partial charge is 0.211 e. The number of fused-ring (bicyclic) bond motifs is 1. The number of para-hydroxylation sites is 1. The predicted octanol–water partition coefficient (Wildman–Crippen LogP) is 3.33. The zero-order valence-corrected chi connectivity index (χ0v) is 16.7. The van der Waals surface area contributed by atoms with Crippen molar-refractivity contribution in [3.8, 4) is 11.5 Å². The molecule has 1 aliphatic rings. The van der Waals surface area contributed by atoms with E-state index >= 15 is 0 Å². The van der Waals surface area contributed by atoms with Crippen LogP contribution in [0.5, 0.6) is 11.5 Å². The summed E-state index contributed by atoms with van der Waals surface area (Å²) in [6.07, 6.45) is 1.95. The summed E-state index contributed by atoms with van der Waals surface area (Å²) >= 11 is 0. The van der Waals surface area contributed by atoms with Crippen LogP contribution in [0, 0.1) is 0 Å². The van der Waals surface area contributed by atoms with Crippen molar-refractivity contribution >= 4 is 10.0 Å². The predicted molar refractivity (Wildman–Crippen MR) is 107 cm³/mol. The van der Waals surface area contributed by atoms with Crippen LogP contribution in [-0.4, -0.2) is 32.9 Å². The number of sulfonamides is 1. The Labute approximate surface area is 161 Å². The van der Waals surface area contributed by atoms with E-state index in [1.165, 1.54) is 0 Å². The van der Waals surface area contributed by atoms with E-state index in [0.717, 1.165) is 23.3 Å². The van der Waals surface area contributed by atoms with Gasteiger partial charge in [-0.05, 0) is 38.3 Å². The van der Waals surface area contributed by atoms with Crippen LogP contribution in [0.15, 0.2) is 48.5 Å². The van der Waals surface area contributed by atoms with Crippen molar-refractivity contribution in [3.05, 3.63) is 59.7 Å². The van der Waals surface area contributed by atoms with Crippen LogP contribution in [0.3, 0.4) is 0 Å². The van der Waals surface area contributed by atoms with Crippen LogP contribution < -0.4 is 14.2 Å². The molecule has 0 bridgehead atoms. The maximum Gasteiger partial charge on any atom is 0.211 e. The summed E-state index contributed by atoms with van der Waals surface area (Å²) in [6.45, 7) is 4.83. The van der Waals surface area contributed by atoms with E-state index < -0.39 is 10.0 Å². The fourth-order valence-corrected chi connectivity index (χ4v) is 4.26. The SMILES string of the molecule is CC1(C)Cc2cccc(OCCCS(=O)(=O)NCCc3ccccc3)c2O1. The molecule has 2 aromatic rings. The van der Waals surface area contributed by atoms with Gasteiger partial charge in [-0.25, -0.2) is 13.1 Å². The van der Waals surface area contributed by atoms with Crippen LogP contribution in [0.4, 0.5) is 0 Å². The summed E-state index contributed by atoms with van der Waals surface area (Å²) in [5.41, 5.74) is 2.02. The van der Waals surface area contributed by atoms with Gasteiger partial charge in [-0.2, -0.15) is 0 Å². The van der Waals surface area contributed by atoms with E-state index in [1.54, 1.807) is 0 Å². The molecule has 0 spiro atoms. The lowest BCUT2D eigenvalue weighted by Crippen LogP contribution is -2.29. The highest BCUT2D eigenvalue weighted by atomic mass is 32.2. The van der Waals surface area contributed by atoms with Gasteiger partial charge in [-0.3, -0.25) is 0 Å². The quantitative estimate of drug-likeness (QED) is 0.668. The summed E-state index contributed by atoms with van der Waals surface area (Å²) in [7, 11) is -3.30. The Morgan fingerprint density at radius 2 is 1.89 bits per heavy atom. The van der Waals surface area contributed by atoms with Crippen LogP contribution >= 0.6 is 0 Å². The average molecular weight is 390 g/mol. The van der Waals surface area contributed by atoms with Gasteiger partial charge in [0.2, 0.25) is 10.0 Å². The normalized spacial score (nSPS) is 15.2. The summed E-state index contributed by atoms with van der Waals surface area (Å²) < 4.78 is 38.6. The fourth-order valence-electron chi connectivity index (χ4n) is 3.20. The highest BCUT2D eigenvalue weighted by Crippen LogP contribution is 2.41. The Morgan fingerprint density at radius 1 is 1.11 bits per heavy atom. The molecule has 0 fully saturated rings. The van der Waals surface area contributed by atoms with Gasteiger partial charge in [0.1, 0.15) is 5.60 Å². The minimum Gasteiger partial charge on any atom is -0.490 e. The van der Waals surface area contributed by atoms with Crippen LogP contribution in [0.1, 0.15) is 31.4 Å². The molecule has 1 aliphatic heterocycles. The lowest BCUT2D eigenvalue weighted by Gasteiger charge is -2.18. The maximum atomic E-state index is 12.1. The minimum atomic E-state index is -3.30. The zero-order valence-electron chi connectivity index (χ0n) is 15.9. The molecule has 0 unspecified atom stereocenters. The third-order valence-electron chi connectivity index (χ3n) is 4.45. The van der Waals surface area contributed by atoms with E-state index in [1.807, 2.05) is 62.4 Å². The van der Waals surface area contributed by atoms with Crippen molar-refractivity contribution in [2.24, 2.45) is 0 Å². The van der Waals surface area contributed by atoms with Gasteiger partial charge in [-0.15, -0.1) is 0 Å². The molecule has 0 radical (unpaired) electrons. The van der Waals surface area contributed by atoms with Gasteiger partial charge in [0, 0.05) is 18.5 Å². The summed E-state index contributed by atoms with van der Waals surface area (Å²) in [6, 6.07) is 15.7. The molecule has 1 heterocycles. The molecule has 2 aromatic carbocycles. The topological polar surface area (TPSA) is 64.6 Å². The molecule has 0 amide bonds. The van der Waals surface area contributed by atoms with Gasteiger partial charge in [-0.1, -0.05) is 42.5 Å². The Bertz CT molecular complexity index is 863. The Kier molecular flexibility index (Phi) is 6.07. The van der Waals surface area contributed by atoms with Crippen molar-refractivity contribution in [1.29, 1.82) is 0 Å².